The Balaban J connectivity index is 2.67. The number of hydrogen-bond acceptors (Lipinski definition) is 3. The summed E-state index contributed by atoms with van der Waals surface area (Å²) in [5.41, 5.74) is 5.16. The third-order valence-electron chi connectivity index (χ3n) is 3.00. The molecule has 1 heterocycles. The smallest absolute Gasteiger partial charge is 0.254 e. The zero-order valence-electron chi connectivity index (χ0n) is 10.1. The summed E-state index contributed by atoms with van der Waals surface area (Å²) in [5.74, 6) is 0.511. The third-order valence-corrected chi connectivity index (χ3v) is 3.00. The average molecular weight is 214 g/mol. The second kappa shape index (κ2) is 4.49. The Labute approximate surface area is 91.8 Å². The molecule has 1 saturated heterocycles. The molecule has 0 bridgehead atoms. The van der Waals surface area contributed by atoms with Crippen molar-refractivity contribution < 1.29 is 9.53 Å². The number of methoxy groups -OCH3 is 1. The van der Waals surface area contributed by atoms with Crippen molar-refractivity contribution in [2.75, 3.05) is 20.2 Å². The molecule has 1 fully saturated rings. The standard InChI is InChI=1S/C11H22N2O2/c1-8-5-9(12)7-13(6-8)10(14)11(2,3)15-4/h8-9H,5-7,12H2,1-4H3. The molecule has 2 unspecified atom stereocenters. The second-order valence-electron chi connectivity index (χ2n) is 5.03. The van der Waals surface area contributed by atoms with E-state index < -0.39 is 5.60 Å². The first-order chi connectivity index (χ1) is 6.86. The van der Waals surface area contributed by atoms with Gasteiger partial charge in [-0.15, -0.1) is 0 Å². The average Bonchev–Trinajstić information content (AvgIpc) is 2.15. The van der Waals surface area contributed by atoms with E-state index in [0.29, 0.717) is 12.5 Å². The van der Waals surface area contributed by atoms with Crippen LogP contribution in [0.4, 0.5) is 0 Å². The molecule has 4 nitrogen and oxygen atoms in total. The van der Waals surface area contributed by atoms with Gasteiger partial charge in [-0.2, -0.15) is 0 Å². The number of nitrogens with zero attached hydrogens (tertiary/aromatic N) is 1. The topological polar surface area (TPSA) is 55.6 Å². The van der Waals surface area contributed by atoms with E-state index in [1.807, 2.05) is 4.90 Å². The van der Waals surface area contributed by atoms with Crippen LogP contribution in [-0.2, 0) is 9.53 Å². The molecule has 2 N–H and O–H groups in total. The van der Waals surface area contributed by atoms with Crippen LogP contribution >= 0.6 is 0 Å². The van der Waals surface area contributed by atoms with Crippen molar-refractivity contribution in [2.24, 2.45) is 11.7 Å². The van der Waals surface area contributed by atoms with Crippen molar-refractivity contribution in [2.45, 2.75) is 38.8 Å². The summed E-state index contributed by atoms with van der Waals surface area (Å²) in [6, 6.07) is 0.102. The summed E-state index contributed by atoms with van der Waals surface area (Å²) in [7, 11) is 1.56. The fourth-order valence-corrected chi connectivity index (χ4v) is 2.03. The van der Waals surface area contributed by atoms with Crippen LogP contribution < -0.4 is 5.73 Å². The monoisotopic (exact) mass is 214 g/mol. The molecular formula is C11H22N2O2. The summed E-state index contributed by atoms with van der Waals surface area (Å²) in [5, 5.41) is 0. The number of hydrogen-bond donors (Lipinski definition) is 1. The van der Waals surface area contributed by atoms with Gasteiger partial charge in [0.2, 0.25) is 0 Å². The minimum atomic E-state index is -0.739. The van der Waals surface area contributed by atoms with Crippen LogP contribution in [-0.4, -0.2) is 42.6 Å². The van der Waals surface area contributed by atoms with Crippen molar-refractivity contribution >= 4 is 5.91 Å². The van der Waals surface area contributed by atoms with Gasteiger partial charge in [0, 0.05) is 26.2 Å². The Bertz CT molecular complexity index is 231. The van der Waals surface area contributed by atoms with E-state index in [1.54, 1.807) is 21.0 Å². The van der Waals surface area contributed by atoms with Gasteiger partial charge in [0.25, 0.3) is 5.91 Å². The maximum absolute atomic E-state index is 12.1. The number of carbonyl (C=O) groups excluding carboxylic acids is 1. The Hall–Kier alpha value is -0.610. The summed E-state index contributed by atoms with van der Waals surface area (Å²) in [4.78, 5) is 13.9. The molecule has 88 valence electrons. The Morgan fingerprint density at radius 3 is 2.53 bits per heavy atom. The summed E-state index contributed by atoms with van der Waals surface area (Å²) in [6.07, 6.45) is 0.997. The van der Waals surface area contributed by atoms with Crippen LogP contribution in [0.15, 0.2) is 0 Å². The molecular weight excluding hydrogens is 192 g/mol. The number of carbonyl (C=O) groups is 1. The lowest BCUT2D eigenvalue weighted by atomic mass is 9.95. The molecule has 15 heavy (non-hydrogen) atoms. The molecule has 0 saturated carbocycles. The number of piperidine rings is 1. The quantitative estimate of drug-likeness (QED) is 0.732. The van der Waals surface area contributed by atoms with Gasteiger partial charge in [-0.1, -0.05) is 6.92 Å². The molecule has 0 aromatic carbocycles. The fourth-order valence-electron chi connectivity index (χ4n) is 2.03. The lowest BCUT2D eigenvalue weighted by Gasteiger charge is -2.38. The van der Waals surface area contributed by atoms with Gasteiger partial charge in [-0.3, -0.25) is 4.79 Å². The lowest BCUT2D eigenvalue weighted by molar-refractivity contribution is -0.153. The number of nitrogens with two attached hydrogens (primary N) is 1. The largest absolute Gasteiger partial charge is 0.369 e. The first kappa shape index (κ1) is 12.5. The highest BCUT2D eigenvalue weighted by Crippen LogP contribution is 2.20. The Kier molecular flexibility index (Phi) is 3.73. The van der Waals surface area contributed by atoms with Crippen LogP contribution in [0, 0.1) is 5.92 Å². The van der Waals surface area contributed by atoms with E-state index in [4.69, 9.17) is 10.5 Å². The van der Waals surface area contributed by atoms with Crippen LogP contribution in [0.1, 0.15) is 27.2 Å². The zero-order chi connectivity index (χ0) is 11.6. The molecule has 0 aromatic rings. The van der Waals surface area contributed by atoms with Crippen LogP contribution in [0.3, 0.4) is 0 Å². The highest BCUT2D eigenvalue weighted by atomic mass is 16.5. The van der Waals surface area contributed by atoms with E-state index in [2.05, 4.69) is 6.92 Å². The van der Waals surface area contributed by atoms with E-state index in [1.165, 1.54) is 0 Å². The lowest BCUT2D eigenvalue weighted by Crippen LogP contribution is -2.54. The molecule has 1 aliphatic rings. The van der Waals surface area contributed by atoms with Gasteiger partial charge >= 0.3 is 0 Å². The number of amides is 1. The van der Waals surface area contributed by atoms with Crippen molar-refractivity contribution in [3.8, 4) is 0 Å². The molecule has 1 aliphatic heterocycles. The van der Waals surface area contributed by atoms with Crippen LogP contribution in [0.2, 0.25) is 0 Å². The van der Waals surface area contributed by atoms with Crippen molar-refractivity contribution in [3.63, 3.8) is 0 Å². The molecule has 2 atom stereocenters. The predicted molar refractivity (Wildman–Crippen MR) is 59.4 cm³/mol. The van der Waals surface area contributed by atoms with Gasteiger partial charge in [-0.25, -0.2) is 0 Å². The number of rotatable bonds is 2. The van der Waals surface area contributed by atoms with E-state index in [-0.39, 0.29) is 11.9 Å². The SMILES string of the molecule is COC(C)(C)C(=O)N1CC(C)CC(N)C1. The minimum Gasteiger partial charge on any atom is -0.369 e. The molecule has 0 aliphatic carbocycles. The van der Waals surface area contributed by atoms with Crippen molar-refractivity contribution in [1.82, 2.24) is 4.90 Å². The molecule has 0 aromatic heterocycles. The normalized spacial score (nSPS) is 27.9. The number of likely N-dealkylation sites (tertiary alicyclic amines) is 1. The summed E-state index contributed by atoms with van der Waals surface area (Å²) in [6.45, 7) is 7.15. The first-order valence-corrected chi connectivity index (χ1v) is 5.47. The molecule has 0 spiro atoms. The predicted octanol–water partition coefficient (Wildman–Crippen LogP) is 0.607. The van der Waals surface area contributed by atoms with Crippen LogP contribution in [0.5, 0.6) is 0 Å². The summed E-state index contributed by atoms with van der Waals surface area (Å²) < 4.78 is 5.19. The van der Waals surface area contributed by atoms with E-state index in [0.717, 1.165) is 13.0 Å². The van der Waals surface area contributed by atoms with Gasteiger partial charge in [0.15, 0.2) is 0 Å². The molecule has 1 amide bonds. The maximum Gasteiger partial charge on any atom is 0.254 e. The zero-order valence-corrected chi connectivity index (χ0v) is 10.1. The van der Waals surface area contributed by atoms with Gasteiger partial charge in [0.1, 0.15) is 5.60 Å². The Morgan fingerprint density at radius 2 is 2.07 bits per heavy atom. The molecule has 0 radical (unpaired) electrons. The van der Waals surface area contributed by atoms with Crippen molar-refractivity contribution in [1.29, 1.82) is 0 Å². The highest BCUT2D eigenvalue weighted by molar-refractivity contribution is 5.84. The maximum atomic E-state index is 12.1. The highest BCUT2D eigenvalue weighted by Gasteiger charge is 2.35. The van der Waals surface area contributed by atoms with Crippen LogP contribution in [0.25, 0.3) is 0 Å². The van der Waals surface area contributed by atoms with E-state index >= 15 is 0 Å². The minimum absolute atomic E-state index is 0.0343. The van der Waals surface area contributed by atoms with Gasteiger partial charge in [0.05, 0.1) is 0 Å². The molecule has 4 heteroatoms. The van der Waals surface area contributed by atoms with Crippen molar-refractivity contribution in [3.05, 3.63) is 0 Å². The van der Waals surface area contributed by atoms with E-state index in [9.17, 15) is 4.79 Å². The van der Waals surface area contributed by atoms with Gasteiger partial charge in [-0.05, 0) is 26.2 Å². The first-order valence-electron chi connectivity index (χ1n) is 5.47. The molecule has 1 rings (SSSR count). The number of ether oxygens (including phenoxy) is 1. The van der Waals surface area contributed by atoms with Gasteiger partial charge < -0.3 is 15.4 Å². The third kappa shape index (κ3) is 2.92. The second-order valence-corrected chi connectivity index (χ2v) is 5.03. The fraction of sp³-hybridized carbons (Fsp3) is 0.909. The summed E-state index contributed by atoms with van der Waals surface area (Å²) >= 11 is 0. The Morgan fingerprint density at radius 1 is 1.47 bits per heavy atom.